The Morgan fingerprint density at radius 2 is 2.11 bits per heavy atom. The number of hydrogen-bond acceptors (Lipinski definition) is 4. The molecule has 1 aliphatic rings. The molecule has 6 nitrogen and oxygen atoms in total. The van der Waals surface area contributed by atoms with Gasteiger partial charge in [0.1, 0.15) is 17.3 Å². The van der Waals surface area contributed by atoms with E-state index in [9.17, 15) is 13.6 Å². The number of carboxylic acid groups (broad SMARTS) is 1. The maximum absolute atomic E-state index is 14.7. The summed E-state index contributed by atoms with van der Waals surface area (Å²) in [6.07, 6.45) is 2.07. The molecule has 0 saturated carbocycles. The Kier molecular flexibility index (Phi) is 4.82. The summed E-state index contributed by atoms with van der Waals surface area (Å²) >= 11 is 0. The number of halogens is 2. The molecule has 1 unspecified atom stereocenters. The second-order valence-electron chi connectivity index (χ2n) is 6.86. The van der Waals surface area contributed by atoms with Crippen molar-refractivity contribution in [3.8, 4) is 11.3 Å². The van der Waals surface area contributed by atoms with Crippen molar-refractivity contribution in [2.45, 2.75) is 19.4 Å². The summed E-state index contributed by atoms with van der Waals surface area (Å²) in [6, 6.07) is 5.35. The molecule has 0 radical (unpaired) electrons. The van der Waals surface area contributed by atoms with Crippen LogP contribution in [0, 0.1) is 18.6 Å². The Bertz CT molecular complexity index is 1040. The van der Waals surface area contributed by atoms with Gasteiger partial charge in [0.2, 0.25) is 0 Å². The first-order chi connectivity index (χ1) is 13.4. The lowest BCUT2D eigenvalue weighted by molar-refractivity contribution is 0.0286. The molecule has 1 saturated heterocycles. The summed E-state index contributed by atoms with van der Waals surface area (Å²) in [5.74, 6) is -3.31. The van der Waals surface area contributed by atoms with Crippen molar-refractivity contribution >= 4 is 11.6 Å². The van der Waals surface area contributed by atoms with Crippen molar-refractivity contribution in [1.29, 1.82) is 0 Å². The maximum Gasteiger partial charge on any atom is 0.335 e. The molecule has 4 rings (SSSR count). The van der Waals surface area contributed by atoms with Crippen LogP contribution in [0.5, 0.6) is 0 Å². The number of benzene rings is 1. The quantitative estimate of drug-likeness (QED) is 0.720. The van der Waals surface area contributed by atoms with E-state index in [1.54, 1.807) is 4.40 Å². The van der Waals surface area contributed by atoms with Crippen LogP contribution in [-0.4, -0.2) is 46.3 Å². The van der Waals surface area contributed by atoms with E-state index in [0.29, 0.717) is 30.9 Å². The van der Waals surface area contributed by atoms with Gasteiger partial charge in [0.25, 0.3) is 0 Å². The number of fused-ring (bicyclic) bond motifs is 1. The van der Waals surface area contributed by atoms with Crippen LogP contribution in [0.25, 0.3) is 16.9 Å². The minimum Gasteiger partial charge on any atom is -0.478 e. The predicted molar refractivity (Wildman–Crippen MR) is 98.6 cm³/mol. The number of pyridine rings is 1. The number of imidazole rings is 1. The number of carbonyl (C=O) groups is 1. The Labute approximate surface area is 159 Å². The molecule has 0 amide bonds. The number of aromatic carboxylic acids is 1. The van der Waals surface area contributed by atoms with E-state index in [2.05, 4.69) is 10.3 Å². The van der Waals surface area contributed by atoms with Crippen LogP contribution in [0.1, 0.15) is 21.6 Å². The van der Waals surface area contributed by atoms with E-state index in [-0.39, 0.29) is 17.4 Å². The van der Waals surface area contributed by atoms with Crippen molar-refractivity contribution < 1.29 is 23.4 Å². The third-order valence-electron chi connectivity index (χ3n) is 4.83. The Morgan fingerprint density at radius 1 is 1.36 bits per heavy atom. The van der Waals surface area contributed by atoms with E-state index < -0.39 is 23.2 Å². The van der Waals surface area contributed by atoms with Gasteiger partial charge >= 0.3 is 5.97 Å². The summed E-state index contributed by atoms with van der Waals surface area (Å²) < 4.78 is 37.0. The largest absolute Gasteiger partial charge is 0.478 e. The number of morpholine rings is 1. The van der Waals surface area contributed by atoms with Crippen molar-refractivity contribution in [3.05, 3.63) is 58.9 Å². The van der Waals surface area contributed by atoms with Gasteiger partial charge in [-0.1, -0.05) is 0 Å². The van der Waals surface area contributed by atoms with Crippen molar-refractivity contribution in [3.63, 3.8) is 0 Å². The van der Waals surface area contributed by atoms with E-state index in [4.69, 9.17) is 9.84 Å². The highest BCUT2D eigenvalue weighted by atomic mass is 19.1. The third-order valence-corrected chi connectivity index (χ3v) is 4.83. The molecule has 1 aromatic carbocycles. The van der Waals surface area contributed by atoms with Gasteiger partial charge in [0.15, 0.2) is 0 Å². The second-order valence-corrected chi connectivity index (χ2v) is 6.86. The average molecular weight is 387 g/mol. The standard InChI is InChI=1S/C20H19F2N3O3/c1-11-2-4-25-16(9-13-10-23-3-5-28-13)19(24-17(25)6-11)18-14(21)7-12(20(26)27)8-15(18)22/h2,4,6-8,13,23H,3,5,9-10H2,1H3,(H,26,27). The average Bonchev–Trinajstić information content (AvgIpc) is 2.99. The number of nitrogens with zero attached hydrogens (tertiary/aromatic N) is 2. The normalized spacial score (nSPS) is 17.2. The zero-order chi connectivity index (χ0) is 19.8. The summed E-state index contributed by atoms with van der Waals surface area (Å²) in [7, 11) is 0. The fourth-order valence-corrected chi connectivity index (χ4v) is 3.48. The monoisotopic (exact) mass is 387 g/mol. The molecule has 3 aromatic rings. The van der Waals surface area contributed by atoms with Crippen LogP contribution in [0.15, 0.2) is 30.5 Å². The first kappa shape index (κ1) is 18.5. The van der Waals surface area contributed by atoms with Crippen molar-refractivity contribution in [2.24, 2.45) is 0 Å². The van der Waals surface area contributed by atoms with Crippen LogP contribution < -0.4 is 5.32 Å². The number of hydrogen-bond donors (Lipinski definition) is 2. The molecule has 1 atom stereocenters. The fourth-order valence-electron chi connectivity index (χ4n) is 3.48. The summed E-state index contributed by atoms with van der Waals surface area (Å²) in [4.78, 5) is 15.5. The lowest BCUT2D eigenvalue weighted by Crippen LogP contribution is -2.39. The van der Waals surface area contributed by atoms with Crippen LogP contribution in [0.4, 0.5) is 8.78 Å². The van der Waals surface area contributed by atoms with E-state index in [1.807, 2.05) is 25.3 Å². The predicted octanol–water partition coefficient (Wildman–Crippen LogP) is 2.82. The molecule has 3 heterocycles. The van der Waals surface area contributed by atoms with Gasteiger partial charge in [0.05, 0.1) is 35.2 Å². The molecule has 8 heteroatoms. The first-order valence-electron chi connectivity index (χ1n) is 8.96. The van der Waals surface area contributed by atoms with Gasteiger partial charge in [-0.25, -0.2) is 18.6 Å². The molecule has 28 heavy (non-hydrogen) atoms. The minimum atomic E-state index is -1.39. The molecule has 1 aliphatic heterocycles. The topological polar surface area (TPSA) is 75.9 Å². The number of rotatable bonds is 4. The van der Waals surface area contributed by atoms with E-state index in [1.165, 1.54) is 0 Å². The molecule has 0 spiro atoms. The summed E-state index contributed by atoms with van der Waals surface area (Å²) in [5, 5.41) is 12.3. The van der Waals surface area contributed by atoms with Crippen molar-refractivity contribution in [1.82, 2.24) is 14.7 Å². The molecule has 2 aromatic heterocycles. The highest BCUT2D eigenvalue weighted by Crippen LogP contribution is 2.31. The number of aryl methyl sites for hydroxylation is 1. The number of aromatic nitrogens is 2. The molecule has 2 N–H and O–H groups in total. The Hall–Kier alpha value is -2.84. The van der Waals surface area contributed by atoms with Crippen LogP contribution in [0.2, 0.25) is 0 Å². The first-order valence-corrected chi connectivity index (χ1v) is 8.96. The Balaban J connectivity index is 1.88. The van der Waals surface area contributed by atoms with Gasteiger partial charge in [-0.15, -0.1) is 0 Å². The minimum absolute atomic E-state index is 0.155. The summed E-state index contributed by atoms with van der Waals surface area (Å²) in [5.41, 5.74) is 1.53. The van der Waals surface area contributed by atoms with Gasteiger partial charge in [-0.2, -0.15) is 0 Å². The zero-order valence-electron chi connectivity index (χ0n) is 15.2. The lowest BCUT2D eigenvalue weighted by Gasteiger charge is -2.24. The van der Waals surface area contributed by atoms with Crippen LogP contribution in [-0.2, 0) is 11.2 Å². The SMILES string of the molecule is Cc1ccn2c(CC3CNCCO3)c(-c3c(F)cc(C(=O)O)cc3F)nc2c1. The highest BCUT2D eigenvalue weighted by molar-refractivity contribution is 5.88. The van der Waals surface area contributed by atoms with E-state index >= 15 is 0 Å². The van der Waals surface area contributed by atoms with Gasteiger partial charge in [0, 0.05) is 25.7 Å². The molecular weight excluding hydrogens is 368 g/mol. The fraction of sp³-hybridized carbons (Fsp3) is 0.300. The molecule has 146 valence electrons. The number of nitrogens with one attached hydrogen (secondary N) is 1. The molecular formula is C20H19F2N3O3. The van der Waals surface area contributed by atoms with Gasteiger partial charge < -0.3 is 19.6 Å². The Morgan fingerprint density at radius 3 is 2.75 bits per heavy atom. The lowest BCUT2D eigenvalue weighted by atomic mass is 10.0. The molecule has 0 aliphatic carbocycles. The highest BCUT2D eigenvalue weighted by Gasteiger charge is 2.25. The van der Waals surface area contributed by atoms with E-state index in [0.717, 1.165) is 24.2 Å². The maximum atomic E-state index is 14.7. The van der Waals surface area contributed by atoms with Crippen molar-refractivity contribution in [2.75, 3.05) is 19.7 Å². The molecule has 1 fully saturated rings. The number of ether oxygens (including phenoxy) is 1. The third kappa shape index (κ3) is 3.36. The zero-order valence-corrected chi connectivity index (χ0v) is 15.2. The van der Waals surface area contributed by atoms with Crippen LogP contribution in [0.3, 0.4) is 0 Å². The smallest absolute Gasteiger partial charge is 0.335 e. The second kappa shape index (κ2) is 7.29. The van der Waals surface area contributed by atoms with Crippen LogP contribution >= 0.6 is 0 Å². The molecule has 0 bridgehead atoms. The van der Waals surface area contributed by atoms with Gasteiger partial charge in [-0.3, -0.25) is 0 Å². The summed E-state index contributed by atoms with van der Waals surface area (Å²) in [6.45, 7) is 3.86. The van der Waals surface area contributed by atoms with Gasteiger partial charge in [-0.05, 0) is 36.8 Å². The number of carboxylic acids is 1.